The number of fused-ring (bicyclic) bond motifs is 1. The Balaban J connectivity index is 1.53. The number of carbonyl (C=O) groups is 1. The average Bonchev–Trinajstić information content (AvgIpc) is 3.03. The van der Waals surface area contributed by atoms with Gasteiger partial charge < -0.3 is 15.4 Å². The third-order valence-electron chi connectivity index (χ3n) is 5.16. The number of aryl methyl sites for hydroxylation is 2. The Bertz CT molecular complexity index is 1110. The lowest BCUT2D eigenvalue weighted by Crippen LogP contribution is -2.36. The van der Waals surface area contributed by atoms with Crippen LogP contribution in [0.25, 0.3) is 10.2 Å². The third kappa shape index (κ3) is 5.27. The quantitative estimate of drug-likeness (QED) is 0.541. The highest BCUT2D eigenvalue weighted by Crippen LogP contribution is 2.33. The molecule has 7 nitrogen and oxygen atoms in total. The van der Waals surface area contributed by atoms with Crippen molar-refractivity contribution in [3.8, 4) is 0 Å². The molecule has 4 rings (SSSR count). The van der Waals surface area contributed by atoms with Gasteiger partial charge in [-0.3, -0.25) is 9.69 Å². The Hall–Kier alpha value is -1.97. The molecule has 0 bridgehead atoms. The van der Waals surface area contributed by atoms with Crippen LogP contribution in [0.5, 0.6) is 0 Å². The highest BCUT2D eigenvalue weighted by molar-refractivity contribution is 7.18. The Kier molecular flexibility index (Phi) is 6.93. The second-order valence-electron chi connectivity index (χ2n) is 7.37. The maximum atomic E-state index is 12.5. The standard InChI is InChI=1S/C21H23Cl2N5O2S/c1-12-13(2)31-21-19(12)20(26-17(27-21)11-28-5-7-30-8-6-28)24-10-18(29)25-16-9-14(22)3-4-15(16)23/h3-4,9H,5-8,10-11H2,1-2H3,(H,25,29)(H,24,26,27). The second-order valence-corrected chi connectivity index (χ2v) is 9.41. The monoisotopic (exact) mass is 479 g/mol. The Labute approximate surface area is 194 Å². The molecule has 1 amide bonds. The fourth-order valence-electron chi connectivity index (χ4n) is 3.40. The van der Waals surface area contributed by atoms with Gasteiger partial charge in [-0.1, -0.05) is 23.2 Å². The summed E-state index contributed by atoms with van der Waals surface area (Å²) in [6.07, 6.45) is 0. The lowest BCUT2D eigenvalue weighted by Gasteiger charge is -2.25. The number of halogens is 2. The predicted molar refractivity (Wildman–Crippen MR) is 127 cm³/mol. The van der Waals surface area contributed by atoms with E-state index in [4.69, 9.17) is 37.9 Å². The Morgan fingerprint density at radius 3 is 2.77 bits per heavy atom. The van der Waals surface area contributed by atoms with Crippen LogP contribution in [0.3, 0.4) is 0 Å². The molecule has 0 saturated carbocycles. The van der Waals surface area contributed by atoms with Crippen LogP contribution in [0.1, 0.15) is 16.3 Å². The van der Waals surface area contributed by atoms with Crippen molar-refractivity contribution in [2.24, 2.45) is 0 Å². The number of anilines is 2. The van der Waals surface area contributed by atoms with Gasteiger partial charge in [0.05, 0.1) is 42.4 Å². The average molecular weight is 480 g/mol. The molecular weight excluding hydrogens is 457 g/mol. The molecule has 3 aromatic rings. The van der Waals surface area contributed by atoms with Crippen molar-refractivity contribution in [3.05, 3.63) is 44.5 Å². The largest absolute Gasteiger partial charge is 0.379 e. The predicted octanol–water partition coefficient (Wildman–Crippen LogP) is 4.50. The summed E-state index contributed by atoms with van der Waals surface area (Å²) >= 11 is 13.8. The van der Waals surface area contributed by atoms with E-state index in [1.807, 2.05) is 0 Å². The van der Waals surface area contributed by atoms with Crippen LogP contribution >= 0.6 is 34.5 Å². The zero-order chi connectivity index (χ0) is 22.0. The van der Waals surface area contributed by atoms with E-state index in [2.05, 4.69) is 29.4 Å². The minimum Gasteiger partial charge on any atom is -0.379 e. The minimum atomic E-state index is -0.240. The molecule has 1 saturated heterocycles. The summed E-state index contributed by atoms with van der Waals surface area (Å²) in [5.41, 5.74) is 1.60. The van der Waals surface area contributed by atoms with Crippen LogP contribution < -0.4 is 10.6 Å². The summed E-state index contributed by atoms with van der Waals surface area (Å²) in [5.74, 6) is 1.16. The van der Waals surface area contributed by atoms with E-state index in [9.17, 15) is 4.79 Å². The molecule has 3 heterocycles. The number of amides is 1. The maximum absolute atomic E-state index is 12.5. The first-order valence-corrected chi connectivity index (χ1v) is 11.5. The van der Waals surface area contributed by atoms with Crippen LogP contribution in [0.4, 0.5) is 11.5 Å². The first kappa shape index (κ1) is 22.2. The molecule has 0 unspecified atom stereocenters. The number of aromatic nitrogens is 2. The number of benzene rings is 1. The number of hydrogen-bond donors (Lipinski definition) is 2. The number of morpholine rings is 1. The molecule has 0 spiro atoms. The molecule has 0 atom stereocenters. The van der Waals surface area contributed by atoms with Gasteiger partial charge in [0.15, 0.2) is 0 Å². The van der Waals surface area contributed by atoms with E-state index in [0.717, 1.165) is 47.9 Å². The Morgan fingerprint density at radius 1 is 1.23 bits per heavy atom. The summed E-state index contributed by atoms with van der Waals surface area (Å²) in [6.45, 7) is 7.96. The molecule has 1 aromatic carbocycles. The van der Waals surface area contributed by atoms with Crippen molar-refractivity contribution in [1.29, 1.82) is 0 Å². The van der Waals surface area contributed by atoms with Crippen LogP contribution in [-0.2, 0) is 16.1 Å². The summed E-state index contributed by atoms with van der Waals surface area (Å²) < 4.78 is 5.43. The first-order chi connectivity index (χ1) is 14.9. The van der Waals surface area contributed by atoms with Gasteiger partial charge in [-0.15, -0.1) is 11.3 Å². The molecular formula is C21H23Cl2N5O2S. The van der Waals surface area contributed by atoms with Crippen LogP contribution in [-0.4, -0.2) is 53.6 Å². The number of nitrogens with zero attached hydrogens (tertiary/aromatic N) is 3. The summed E-state index contributed by atoms with van der Waals surface area (Å²) in [4.78, 5) is 26.5. The number of rotatable bonds is 6. The van der Waals surface area contributed by atoms with Gasteiger partial charge in [0.25, 0.3) is 0 Å². The van der Waals surface area contributed by atoms with E-state index in [1.165, 1.54) is 4.88 Å². The molecule has 2 aromatic heterocycles. The molecule has 1 aliphatic rings. The summed E-state index contributed by atoms with van der Waals surface area (Å²) in [5, 5.41) is 7.88. The topological polar surface area (TPSA) is 79.4 Å². The van der Waals surface area contributed by atoms with E-state index in [-0.39, 0.29) is 12.5 Å². The third-order valence-corrected chi connectivity index (χ3v) is 6.83. The SMILES string of the molecule is Cc1sc2nc(CN3CCOCC3)nc(NCC(=O)Nc3cc(Cl)ccc3Cl)c2c1C. The first-order valence-electron chi connectivity index (χ1n) is 9.96. The number of ether oxygens (including phenoxy) is 1. The van der Waals surface area contributed by atoms with Crippen molar-refractivity contribution in [3.63, 3.8) is 0 Å². The molecule has 1 aliphatic heterocycles. The number of thiophene rings is 1. The molecule has 1 fully saturated rings. The molecule has 10 heteroatoms. The smallest absolute Gasteiger partial charge is 0.243 e. The second kappa shape index (κ2) is 9.67. The van der Waals surface area contributed by atoms with E-state index in [1.54, 1.807) is 29.5 Å². The zero-order valence-electron chi connectivity index (χ0n) is 17.3. The normalized spacial score (nSPS) is 14.7. The van der Waals surface area contributed by atoms with Gasteiger partial charge in [-0.2, -0.15) is 0 Å². The minimum absolute atomic E-state index is 0.0419. The zero-order valence-corrected chi connectivity index (χ0v) is 19.6. The van der Waals surface area contributed by atoms with Crippen molar-refractivity contribution in [1.82, 2.24) is 14.9 Å². The van der Waals surface area contributed by atoms with Gasteiger partial charge in [0, 0.05) is 23.0 Å². The van der Waals surface area contributed by atoms with Crippen molar-refractivity contribution in [2.45, 2.75) is 20.4 Å². The van der Waals surface area contributed by atoms with Gasteiger partial charge in [0.1, 0.15) is 16.5 Å². The van der Waals surface area contributed by atoms with Crippen LogP contribution in [0.2, 0.25) is 10.0 Å². The van der Waals surface area contributed by atoms with Crippen molar-refractivity contribution >= 4 is 62.2 Å². The lowest BCUT2D eigenvalue weighted by atomic mass is 10.2. The van der Waals surface area contributed by atoms with Gasteiger partial charge in [0.2, 0.25) is 5.91 Å². The Morgan fingerprint density at radius 2 is 2.00 bits per heavy atom. The van der Waals surface area contributed by atoms with Crippen LogP contribution in [0.15, 0.2) is 18.2 Å². The fraction of sp³-hybridized carbons (Fsp3) is 0.381. The van der Waals surface area contributed by atoms with Gasteiger partial charge >= 0.3 is 0 Å². The van der Waals surface area contributed by atoms with Gasteiger partial charge in [-0.05, 0) is 37.6 Å². The van der Waals surface area contributed by atoms with E-state index in [0.29, 0.717) is 28.1 Å². The fourth-order valence-corrected chi connectivity index (χ4v) is 4.79. The molecule has 2 N–H and O–H groups in total. The highest BCUT2D eigenvalue weighted by Gasteiger charge is 2.18. The number of hydrogen-bond acceptors (Lipinski definition) is 7. The molecule has 0 radical (unpaired) electrons. The number of carbonyl (C=O) groups excluding carboxylic acids is 1. The van der Waals surface area contributed by atoms with Gasteiger partial charge in [-0.25, -0.2) is 9.97 Å². The summed E-state index contributed by atoms with van der Waals surface area (Å²) in [6, 6.07) is 4.95. The molecule has 0 aliphatic carbocycles. The highest BCUT2D eigenvalue weighted by atomic mass is 35.5. The van der Waals surface area contributed by atoms with Crippen LogP contribution in [0, 0.1) is 13.8 Å². The van der Waals surface area contributed by atoms with E-state index < -0.39 is 0 Å². The number of nitrogens with one attached hydrogen (secondary N) is 2. The lowest BCUT2D eigenvalue weighted by molar-refractivity contribution is -0.114. The molecule has 31 heavy (non-hydrogen) atoms. The van der Waals surface area contributed by atoms with E-state index >= 15 is 0 Å². The van der Waals surface area contributed by atoms with Crippen molar-refractivity contribution in [2.75, 3.05) is 43.5 Å². The molecule has 164 valence electrons. The van der Waals surface area contributed by atoms with Crippen molar-refractivity contribution < 1.29 is 9.53 Å². The summed E-state index contributed by atoms with van der Waals surface area (Å²) in [7, 11) is 0. The maximum Gasteiger partial charge on any atom is 0.243 e.